The molecule has 1 aliphatic rings. The van der Waals surface area contributed by atoms with Crippen molar-refractivity contribution in [1.29, 1.82) is 0 Å². The Bertz CT molecular complexity index is 727. The highest BCUT2D eigenvalue weighted by atomic mass is 19.4. The van der Waals surface area contributed by atoms with Crippen LogP contribution in [0.15, 0.2) is 28.9 Å². The third kappa shape index (κ3) is 4.91. The smallest absolute Gasteiger partial charge is 0.433 e. The Morgan fingerprint density at radius 1 is 1.22 bits per heavy atom. The molecule has 1 unspecified atom stereocenters. The summed E-state index contributed by atoms with van der Waals surface area (Å²) in [5, 5.41) is 2.99. The normalized spacial score (nSPS) is 16.9. The van der Waals surface area contributed by atoms with Crippen molar-refractivity contribution >= 4 is 11.8 Å². The summed E-state index contributed by atoms with van der Waals surface area (Å²) in [4.78, 5) is 11.7. The van der Waals surface area contributed by atoms with Crippen molar-refractivity contribution in [3.8, 4) is 0 Å². The Hall–Kier alpha value is -2.29. The van der Waals surface area contributed by atoms with E-state index in [0.29, 0.717) is 6.54 Å². The van der Waals surface area contributed by atoms with Crippen LogP contribution in [0, 0.1) is 0 Å². The number of hydrogen-bond acceptors (Lipinski definition) is 6. The van der Waals surface area contributed by atoms with Crippen LogP contribution in [0.25, 0.3) is 0 Å². The first-order valence-electron chi connectivity index (χ1n) is 8.99. The van der Waals surface area contributed by atoms with Crippen molar-refractivity contribution in [3.05, 3.63) is 35.9 Å². The largest absolute Gasteiger partial charge is 0.468 e. The fourth-order valence-corrected chi connectivity index (χ4v) is 3.20. The van der Waals surface area contributed by atoms with Gasteiger partial charge in [0.25, 0.3) is 0 Å². The average molecular weight is 383 g/mol. The lowest BCUT2D eigenvalue weighted by Crippen LogP contribution is -2.37. The van der Waals surface area contributed by atoms with Gasteiger partial charge >= 0.3 is 6.18 Å². The van der Waals surface area contributed by atoms with Gasteiger partial charge in [-0.3, -0.25) is 4.90 Å². The standard InChI is InChI=1S/C18H24F3N5O/c1-25(2)16-11-15(18(19,20)21)23-17(24-16)22-12-13(14-7-6-10-27-14)26-8-4-3-5-9-26/h6-7,10-11,13H,3-5,8-9,12H2,1-2H3,(H,22,23,24). The fourth-order valence-electron chi connectivity index (χ4n) is 3.20. The molecule has 0 aliphatic carbocycles. The number of nitrogens with zero attached hydrogens (tertiary/aromatic N) is 4. The van der Waals surface area contributed by atoms with Gasteiger partial charge < -0.3 is 14.6 Å². The van der Waals surface area contributed by atoms with Crippen molar-refractivity contribution in [2.75, 3.05) is 43.9 Å². The molecule has 0 saturated carbocycles. The molecule has 0 spiro atoms. The number of rotatable bonds is 6. The van der Waals surface area contributed by atoms with Crippen LogP contribution >= 0.6 is 0 Å². The van der Waals surface area contributed by atoms with E-state index in [4.69, 9.17) is 4.42 Å². The van der Waals surface area contributed by atoms with Gasteiger partial charge in [0, 0.05) is 26.7 Å². The molecule has 0 bridgehead atoms. The summed E-state index contributed by atoms with van der Waals surface area (Å²) in [6.07, 6.45) is 0.469. The maximum atomic E-state index is 13.2. The molecule has 1 atom stereocenters. The van der Waals surface area contributed by atoms with E-state index in [2.05, 4.69) is 20.2 Å². The van der Waals surface area contributed by atoms with Gasteiger partial charge in [0.15, 0.2) is 5.69 Å². The van der Waals surface area contributed by atoms with Crippen LogP contribution in [-0.4, -0.2) is 48.6 Å². The molecule has 148 valence electrons. The van der Waals surface area contributed by atoms with Crippen molar-refractivity contribution in [2.45, 2.75) is 31.5 Å². The van der Waals surface area contributed by atoms with Gasteiger partial charge in [-0.25, -0.2) is 4.98 Å². The third-order valence-corrected chi connectivity index (χ3v) is 4.62. The number of hydrogen-bond donors (Lipinski definition) is 1. The molecule has 1 saturated heterocycles. The van der Waals surface area contributed by atoms with Crippen molar-refractivity contribution < 1.29 is 17.6 Å². The van der Waals surface area contributed by atoms with E-state index in [-0.39, 0.29) is 17.8 Å². The minimum Gasteiger partial charge on any atom is -0.468 e. The van der Waals surface area contributed by atoms with E-state index in [0.717, 1.165) is 37.8 Å². The maximum absolute atomic E-state index is 13.2. The summed E-state index contributed by atoms with van der Waals surface area (Å²) in [5.41, 5.74) is -0.962. The van der Waals surface area contributed by atoms with Gasteiger partial charge in [0.05, 0.1) is 12.3 Å². The fraction of sp³-hybridized carbons (Fsp3) is 0.556. The van der Waals surface area contributed by atoms with Crippen LogP contribution in [0.2, 0.25) is 0 Å². The number of piperidine rings is 1. The Labute approximate surface area is 156 Å². The molecule has 0 aromatic carbocycles. The SMILES string of the molecule is CN(C)c1cc(C(F)(F)F)nc(NCC(c2ccco2)N2CCCCC2)n1. The number of likely N-dealkylation sites (tertiary alicyclic amines) is 1. The van der Waals surface area contributed by atoms with Crippen molar-refractivity contribution in [1.82, 2.24) is 14.9 Å². The van der Waals surface area contributed by atoms with Crippen LogP contribution in [0.1, 0.15) is 36.8 Å². The molecule has 9 heteroatoms. The zero-order valence-electron chi connectivity index (χ0n) is 15.5. The van der Waals surface area contributed by atoms with E-state index in [1.165, 1.54) is 11.3 Å². The summed E-state index contributed by atoms with van der Waals surface area (Å²) < 4.78 is 45.1. The summed E-state index contributed by atoms with van der Waals surface area (Å²) >= 11 is 0. The number of nitrogens with one attached hydrogen (secondary N) is 1. The van der Waals surface area contributed by atoms with Gasteiger partial charge in [-0.05, 0) is 38.1 Å². The highest BCUT2D eigenvalue weighted by molar-refractivity contribution is 5.44. The first-order chi connectivity index (χ1) is 12.8. The van der Waals surface area contributed by atoms with Gasteiger partial charge in [-0.15, -0.1) is 0 Å². The second kappa shape index (κ2) is 8.16. The number of alkyl halides is 3. The van der Waals surface area contributed by atoms with Crippen LogP contribution in [0.4, 0.5) is 24.9 Å². The van der Waals surface area contributed by atoms with Crippen LogP contribution in [0.5, 0.6) is 0 Å². The van der Waals surface area contributed by atoms with Gasteiger partial charge in [-0.2, -0.15) is 18.2 Å². The first kappa shape index (κ1) is 19.5. The summed E-state index contributed by atoms with van der Waals surface area (Å²) in [7, 11) is 3.29. The minimum absolute atomic E-state index is 0.0397. The second-order valence-corrected chi connectivity index (χ2v) is 6.84. The molecule has 1 N–H and O–H groups in total. The van der Waals surface area contributed by atoms with Crippen LogP contribution < -0.4 is 10.2 Å². The number of halogens is 3. The molecule has 2 aromatic heterocycles. The monoisotopic (exact) mass is 383 g/mol. The summed E-state index contributed by atoms with van der Waals surface area (Å²) in [5.74, 6) is 0.943. The molecule has 1 aliphatic heterocycles. The zero-order valence-corrected chi connectivity index (χ0v) is 15.5. The third-order valence-electron chi connectivity index (χ3n) is 4.62. The van der Waals surface area contributed by atoms with Crippen LogP contribution in [0.3, 0.4) is 0 Å². The molecule has 6 nitrogen and oxygen atoms in total. The predicted molar refractivity (Wildman–Crippen MR) is 96.7 cm³/mol. The summed E-state index contributed by atoms with van der Waals surface area (Å²) in [6, 6.07) is 4.57. The molecular formula is C18H24F3N5O. The average Bonchev–Trinajstić information content (AvgIpc) is 3.16. The van der Waals surface area contributed by atoms with E-state index < -0.39 is 11.9 Å². The molecule has 3 rings (SSSR count). The first-order valence-corrected chi connectivity index (χ1v) is 8.99. The van der Waals surface area contributed by atoms with Crippen molar-refractivity contribution in [2.24, 2.45) is 0 Å². The lowest BCUT2D eigenvalue weighted by molar-refractivity contribution is -0.141. The van der Waals surface area contributed by atoms with Gasteiger partial charge in [0.2, 0.25) is 5.95 Å². The Morgan fingerprint density at radius 2 is 1.96 bits per heavy atom. The zero-order chi connectivity index (χ0) is 19.4. The topological polar surface area (TPSA) is 57.4 Å². The van der Waals surface area contributed by atoms with E-state index in [1.807, 2.05) is 12.1 Å². The van der Waals surface area contributed by atoms with Crippen molar-refractivity contribution in [3.63, 3.8) is 0 Å². The molecule has 27 heavy (non-hydrogen) atoms. The minimum atomic E-state index is -4.53. The molecule has 0 radical (unpaired) electrons. The lowest BCUT2D eigenvalue weighted by atomic mass is 10.1. The molecule has 1 fully saturated rings. The second-order valence-electron chi connectivity index (χ2n) is 6.84. The lowest BCUT2D eigenvalue weighted by Gasteiger charge is -2.33. The van der Waals surface area contributed by atoms with E-state index >= 15 is 0 Å². The Kier molecular flexibility index (Phi) is 5.88. The highest BCUT2D eigenvalue weighted by Gasteiger charge is 2.34. The Balaban J connectivity index is 1.81. The quantitative estimate of drug-likeness (QED) is 0.819. The van der Waals surface area contributed by atoms with Crippen LogP contribution in [-0.2, 0) is 6.18 Å². The number of anilines is 2. The van der Waals surface area contributed by atoms with E-state index in [1.54, 1.807) is 20.4 Å². The molecule has 3 heterocycles. The van der Waals surface area contributed by atoms with Gasteiger partial charge in [0.1, 0.15) is 11.6 Å². The molecule has 0 amide bonds. The Morgan fingerprint density at radius 3 is 2.56 bits per heavy atom. The molecular weight excluding hydrogens is 359 g/mol. The number of furan rings is 1. The summed E-state index contributed by atoms with van der Waals surface area (Å²) in [6.45, 7) is 2.22. The predicted octanol–water partition coefficient (Wildman–Crippen LogP) is 3.79. The van der Waals surface area contributed by atoms with E-state index in [9.17, 15) is 13.2 Å². The maximum Gasteiger partial charge on any atom is 0.433 e. The van der Waals surface area contributed by atoms with Gasteiger partial charge in [-0.1, -0.05) is 6.42 Å². The molecule has 2 aromatic rings. The highest BCUT2D eigenvalue weighted by Crippen LogP contribution is 2.31. The number of aromatic nitrogens is 2.